The van der Waals surface area contributed by atoms with Crippen molar-refractivity contribution in [1.29, 1.82) is 0 Å². The van der Waals surface area contributed by atoms with Gasteiger partial charge in [-0.1, -0.05) is 43.7 Å². The zero-order valence-electron chi connectivity index (χ0n) is 13.7. The molecule has 1 fully saturated rings. The molecule has 0 saturated heterocycles. The molecule has 1 aliphatic rings. The van der Waals surface area contributed by atoms with Gasteiger partial charge in [-0.15, -0.1) is 0 Å². The Bertz CT molecular complexity index is 400. The molecule has 2 N–H and O–H groups in total. The third kappa shape index (κ3) is 6.52. The highest BCUT2D eigenvalue weighted by Crippen LogP contribution is 2.23. The molecule has 0 aromatic rings. The van der Waals surface area contributed by atoms with E-state index in [0.29, 0.717) is 10.2 Å². The van der Waals surface area contributed by atoms with Crippen molar-refractivity contribution < 1.29 is 9.59 Å². The smallest absolute Gasteiger partial charge is 0.321 e. The summed E-state index contributed by atoms with van der Waals surface area (Å²) in [5.41, 5.74) is 0. The molecule has 7 heteroatoms. The molecule has 0 unspecified atom stereocenters. The lowest BCUT2D eigenvalue weighted by Crippen LogP contribution is -2.48. The van der Waals surface area contributed by atoms with Crippen molar-refractivity contribution in [2.75, 3.05) is 18.8 Å². The van der Waals surface area contributed by atoms with Gasteiger partial charge in [-0.2, -0.15) is 0 Å². The van der Waals surface area contributed by atoms with Crippen molar-refractivity contribution in [2.24, 2.45) is 5.92 Å². The van der Waals surface area contributed by atoms with Gasteiger partial charge in [-0.05, 0) is 32.6 Å². The Labute approximate surface area is 143 Å². The van der Waals surface area contributed by atoms with E-state index < -0.39 is 6.03 Å². The van der Waals surface area contributed by atoms with Crippen LogP contribution in [0, 0.1) is 5.92 Å². The topological polar surface area (TPSA) is 61.4 Å². The largest absolute Gasteiger partial charge is 0.358 e. The number of rotatable bonds is 5. The van der Waals surface area contributed by atoms with Crippen LogP contribution in [0.5, 0.6) is 0 Å². The van der Waals surface area contributed by atoms with Crippen LogP contribution in [0.1, 0.15) is 46.5 Å². The summed E-state index contributed by atoms with van der Waals surface area (Å²) < 4.78 is 0.696. The molecule has 126 valence electrons. The monoisotopic (exact) mass is 345 g/mol. The number of urea groups is 1. The molecule has 2 atom stereocenters. The fourth-order valence-electron chi connectivity index (χ4n) is 2.60. The molecule has 0 aromatic heterocycles. The van der Waals surface area contributed by atoms with E-state index in [4.69, 9.17) is 12.2 Å². The maximum atomic E-state index is 11.9. The van der Waals surface area contributed by atoms with E-state index in [0.717, 1.165) is 32.4 Å². The SMILES string of the molecule is CCN(CC)C(=S)SCC(=O)NC(=O)N[C@H]1CCCC[C@@H]1C. The molecule has 1 aliphatic carbocycles. The zero-order chi connectivity index (χ0) is 16.5. The van der Waals surface area contributed by atoms with E-state index in [1.54, 1.807) is 0 Å². The first-order valence-electron chi connectivity index (χ1n) is 7.99. The van der Waals surface area contributed by atoms with Crippen LogP contribution in [0.3, 0.4) is 0 Å². The Morgan fingerprint density at radius 3 is 2.45 bits per heavy atom. The number of nitrogens with zero attached hydrogens (tertiary/aromatic N) is 1. The fraction of sp³-hybridized carbons (Fsp3) is 0.800. The second kappa shape index (κ2) is 10.0. The molecule has 0 spiro atoms. The second-order valence-corrected chi connectivity index (χ2v) is 7.23. The molecular weight excluding hydrogens is 318 g/mol. The van der Waals surface area contributed by atoms with Crippen LogP contribution in [0.15, 0.2) is 0 Å². The van der Waals surface area contributed by atoms with Gasteiger partial charge >= 0.3 is 6.03 Å². The van der Waals surface area contributed by atoms with Crippen LogP contribution in [-0.4, -0.2) is 46.0 Å². The first-order valence-corrected chi connectivity index (χ1v) is 9.39. The van der Waals surface area contributed by atoms with Crippen LogP contribution in [0.25, 0.3) is 0 Å². The van der Waals surface area contributed by atoms with Crippen molar-refractivity contribution in [3.8, 4) is 0 Å². The van der Waals surface area contributed by atoms with Crippen LogP contribution < -0.4 is 10.6 Å². The quantitative estimate of drug-likeness (QED) is 0.750. The highest BCUT2D eigenvalue weighted by atomic mass is 32.2. The lowest BCUT2D eigenvalue weighted by molar-refractivity contribution is -0.117. The Hall–Kier alpha value is -0.820. The van der Waals surface area contributed by atoms with Gasteiger partial charge in [0.05, 0.1) is 5.75 Å². The van der Waals surface area contributed by atoms with Crippen molar-refractivity contribution >= 4 is 40.2 Å². The number of amides is 3. The predicted molar refractivity (Wildman–Crippen MR) is 96.1 cm³/mol. The highest BCUT2D eigenvalue weighted by Gasteiger charge is 2.23. The van der Waals surface area contributed by atoms with E-state index in [2.05, 4.69) is 17.6 Å². The number of hydrogen-bond acceptors (Lipinski definition) is 4. The zero-order valence-corrected chi connectivity index (χ0v) is 15.3. The second-order valence-electron chi connectivity index (χ2n) is 5.62. The summed E-state index contributed by atoms with van der Waals surface area (Å²) in [5, 5.41) is 5.30. The number of hydrogen-bond donors (Lipinski definition) is 2. The molecule has 5 nitrogen and oxygen atoms in total. The van der Waals surface area contributed by atoms with Gasteiger partial charge in [-0.25, -0.2) is 4.79 Å². The molecule has 22 heavy (non-hydrogen) atoms. The van der Waals surface area contributed by atoms with Gasteiger partial charge in [0.2, 0.25) is 5.91 Å². The average molecular weight is 346 g/mol. The lowest BCUT2D eigenvalue weighted by Gasteiger charge is -2.29. The maximum absolute atomic E-state index is 11.9. The number of carbonyl (C=O) groups excluding carboxylic acids is 2. The number of nitrogens with one attached hydrogen (secondary N) is 2. The summed E-state index contributed by atoms with van der Waals surface area (Å²) in [5.74, 6) is 0.336. The first-order chi connectivity index (χ1) is 10.5. The van der Waals surface area contributed by atoms with Gasteiger partial charge in [-0.3, -0.25) is 10.1 Å². The van der Waals surface area contributed by atoms with E-state index >= 15 is 0 Å². The average Bonchev–Trinajstić information content (AvgIpc) is 2.48. The van der Waals surface area contributed by atoms with Crippen LogP contribution >= 0.6 is 24.0 Å². The molecule has 0 radical (unpaired) electrons. The summed E-state index contributed by atoms with van der Waals surface area (Å²) in [6, 6.07) is -0.218. The normalized spacial score (nSPS) is 21.0. The van der Waals surface area contributed by atoms with Crippen LogP contribution in [0.2, 0.25) is 0 Å². The maximum Gasteiger partial charge on any atom is 0.321 e. The highest BCUT2D eigenvalue weighted by molar-refractivity contribution is 8.23. The Morgan fingerprint density at radius 1 is 1.23 bits per heavy atom. The summed E-state index contributed by atoms with van der Waals surface area (Å²) in [4.78, 5) is 25.7. The number of thioether (sulfide) groups is 1. The summed E-state index contributed by atoms with van der Waals surface area (Å²) >= 11 is 6.56. The summed E-state index contributed by atoms with van der Waals surface area (Å²) in [6.45, 7) is 7.84. The first kappa shape index (κ1) is 19.2. The van der Waals surface area contributed by atoms with E-state index in [-0.39, 0.29) is 17.7 Å². The summed E-state index contributed by atoms with van der Waals surface area (Å²) in [6.07, 6.45) is 4.48. The number of imide groups is 1. The van der Waals surface area contributed by atoms with E-state index in [1.807, 2.05) is 18.7 Å². The van der Waals surface area contributed by atoms with Crippen molar-refractivity contribution in [2.45, 2.75) is 52.5 Å². The molecule has 0 heterocycles. The van der Waals surface area contributed by atoms with E-state index in [1.165, 1.54) is 18.2 Å². The fourth-order valence-corrected chi connectivity index (χ4v) is 3.80. The Kier molecular flexibility index (Phi) is 8.78. The van der Waals surface area contributed by atoms with Gasteiger partial charge in [0.15, 0.2) is 0 Å². The minimum absolute atomic E-state index is 0.170. The predicted octanol–water partition coefficient (Wildman–Crippen LogP) is 2.75. The van der Waals surface area contributed by atoms with Crippen molar-refractivity contribution in [3.63, 3.8) is 0 Å². The van der Waals surface area contributed by atoms with Crippen molar-refractivity contribution in [1.82, 2.24) is 15.5 Å². The third-order valence-electron chi connectivity index (χ3n) is 4.03. The minimum Gasteiger partial charge on any atom is -0.358 e. The van der Waals surface area contributed by atoms with Crippen LogP contribution in [0.4, 0.5) is 4.79 Å². The number of carbonyl (C=O) groups is 2. The van der Waals surface area contributed by atoms with Gasteiger partial charge in [0, 0.05) is 19.1 Å². The molecule has 0 aromatic carbocycles. The molecule has 0 bridgehead atoms. The Morgan fingerprint density at radius 2 is 1.86 bits per heavy atom. The van der Waals surface area contributed by atoms with E-state index in [9.17, 15) is 9.59 Å². The van der Waals surface area contributed by atoms with Gasteiger partial charge in [0.1, 0.15) is 4.32 Å². The van der Waals surface area contributed by atoms with Gasteiger partial charge < -0.3 is 10.2 Å². The minimum atomic E-state index is -0.391. The van der Waals surface area contributed by atoms with Crippen molar-refractivity contribution in [3.05, 3.63) is 0 Å². The molecule has 1 rings (SSSR count). The molecule has 3 amide bonds. The molecular formula is C15H27N3O2S2. The Balaban J connectivity index is 2.29. The lowest BCUT2D eigenvalue weighted by atomic mass is 9.86. The number of thiocarbonyl (C=S) groups is 1. The summed E-state index contributed by atoms with van der Waals surface area (Å²) in [7, 11) is 0. The van der Waals surface area contributed by atoms with Crippen LogP contribution in [-0.2, 0) is 4.79 Å². The standard InChI is InChI=1S/C15H27N3O2S2/c1-4-18(5-2)15(21)22-10-13(19)17-14(20)16-12-9-7-6-8-11(12)3/h11-12H,4-10H2,1-3H3,(H2,16,17,19,20)/t11-,12-/m0/s1. The van der Waals surface area contributed by atoms with Gasteiger partial charge in [0.25, 0.3) is 0 Å². The third-order valence-corrected chi connectivity index (χ3v) is 5.55. The molecule has 1 saturated carbocycles. The molecule has 0 aliphatic heterocycles.